The Balaban J connectivity index is 2.04. The van der Waals surface area contributed by atoms with E-state index in [4.69, 9.17) is 21.6 Å². The SMILES string of the molecule is N#CCOc1cccc(NCc2cccc(Cl)c2F)c1. The molecule has 0 atom stereocenters. The highest BCUT2D eigenvalue weighted by Gasteiger charge is 2.05. The normalized spacial score (nSPS) is 9.85. The van der Waals surface area contributed by atoms with Crippen LogP contribution < -0.4 is 10.1 Å². The highest BCUT2D eigenvalue weighted by molar-refractivity contribution is 6.30. The van der Waals surface area contributed by atoms with Crippen LogP contribution in [0.1, 0.15) is 5.56 Å². The number of halogens is 2. The number of nitrogens with zero attached hydrogens (tertiary/aromatic N) is 1. The van der Waals surface area contributed by atoms with Crippen molar-refractivity contribution in [3.63, 3.8) is 0 Å². The van der Waals surface area contributed by atoms with Crippen molar-refractivity contribution >= 4 is 17.3 Å². The molecule has 0 heterocycles. The standard InChI is InChI=1S/C15H12ClFN2O/c16-14-6-1-3-11(15(14)17)10-19-12-4-2-5-13(9-12)20-8-7-18/h1-6,9,19H,8,10H2. The number of hydrogen-bond donors (Lipinski definition) is 1. The Labute approximate surface area is 121 Å². The topological polar surface area (TPSA) is 45.0 Å². The summed E-state index contributed by atoms with van der Waals surface area (Å²) in [5.74, 6) is 0.168. The molecule has 0 aromatic heterocycles. The zero-order valence-electron chi connectivity index (χ0n) is 10.6. The van der Waals surface area contributed by atoms with E-state index in [9.17, 15) is 4.39 Å². The number of ether oxygens (including phenoxy) is 1. The van der Waals surface area contributed by atoms with Gasteiger partial charge >= 0.3 is 0 Å². The van der Waals surface area contributed by atoms with Gasteiger partial charge in [0, 0.05) is 23.9 Å². The van der Waals surface area contributed by atoms with Crippen LogP contribution >= 0.6 is 11.6 Å². The summed E-state index contributed by atoms with van der Waals surface area (Å²) in [6, 6.07) is 13.9. The van der Waals surface area contributed by atoms with E-state index in [0.717, 1.165) is 5.69 Å². The van der Waals surface area contributed by atoms with Crippen LogP contribution in [0.3, 0.4) is 0 Å². The van der Waals surface area contributed by atoms with E-state index < -0.39 is 5.82 Å². The van der Waals surface area contributed by atoms with Crippen molar-refractivity contribution in [3.05, 3.63) is 58.9 Å². The summed E-state index contributed by atoms with van der Waals surface area (Å²) in [7, 11) is 0. The Morgan fingerprint density at radius 3 is 2.85 bits per heavy atom. The van der Waals surface area contributed by atoms with Gasteiger partial charge in [0.25, 0.3) is 0 Å². The molecule has 0 radical (unpaired) electrons. The van der Waals surface area contributed by atoms with Crippen molar-refractivity contribution < 1.29 is 9.13 Å². The first-order valence-electron chi connectivity index (χ1n) is 5.97. The molecule has 0 amide bonds. The van der Waals surface area contributed by atoms with Gasteiger partial charge in [0.05, 0.1) is 5.02 Å². The maximum atomic E-state index is 13.7. The second kappa shape index (κ2) is 6.78. The molecule has 20 heavy (non-hydrogen) atoms. The lowest BCUT2D eigenvalue weighted by Crippen LogP contribution is -2.02. The van der Waals surface area contributed by atoms with Gasteiger partial charge in [-0.25, -0.2) is 4.39 Å². The molecule has 0 spiro atoms. The molecule has 0 aliphatic carbocycles. The van der Waals surface area contributed by atoms with Crippen molar-refractivity contribution in [2.75, 3.05) is 11.9 Å². The highest BCUT2D eigenvalue weighted by atomic mass is 35.5. The Kier molecular flexibility index (Phi) is 4.80. The summed E-state index contributed by atoms with van der Waals surface area (Å²) < 4.78 is 18.9. The quantitative estimate of drug-likeness (QED) is 0.905. The molecular weight excluding hydrogens is 279 g/mol. The molecule has 5 heteroatoms. The number of benzene rings is 2. The number of anilines is 1. The van der Waals surface area contributed by atoms with Crippen molar-refractivity contribution in [1.29, 1.82) is 5.26 Å². The fourth-order valence-electron chi connectivity index (χ4n) is 1.69. The smallest absolute Gasteiger partial charge is 0.174 e. The van der Waals surface area contributed by atoms with E-state index in [2.05, 4.69) is 5.32 Å². The van der Waals surface area contributed by atoms with Gasteiger partial charge < -0.3 is 10.1 Å². The molecule has 0 aliphatic rings. The lowest BCUT2D eigenvalue weighted by atomic mass is 10.2. The summed E-state index contributed by atoms with van der Waals surface area (Å²) in [5.41, 5.74) is 1.26. The minimum absolute atomic E-state index is 0.00756. The molecule has 2 aromatic carbocycles. The Morgan fingerprint density at radius 1 is 1.25 bits per heavy atom. The van der Waals surface area contributed by atoms with Crippen molar-refractivity contribution in [1.82, 2.24) is 0 Å². The maximum absolute atomic E-state index is 13.7. The Hall–Kier alpha value is -2.25. The fourth-order valence-corrected chi connectivity index (χ4v) is 1.89. The predicted octanol–water partition coefficient (Wildman–Crippen LogP) is 3.99. The number of nitriles is 1. The molecule has 0 unspecified atom stereocenters. The minimum atomic E-state index is -0.418. The molecule has 102 valence electrons. The van der Waals surface area contributed by atoms with Crippen LogP contribution in [0.15, 0.2) is 42.5 Å². The molecule has 3 nitrogen and oxygen atoms in total. The third-order valence-electron chi connectivity index (χ3n) is 2.65. The van der Waals surface area contributed by atoms with Gasteiger partial charge in [-0.15, -0.1) is 0 Å². The van der Waals surface area contributed by atoms with Crippen LogP contribution in [0.2, 0.25) is 5.02 Å². The fraction of sp³-hybridized carbons (Fsp3) is 0.133. The molecular formula is C15H12ClFN2O. The third-order valence-corrected chi connectivity index (χ3v) is 2.94. The van der Waals surface area contributed by atoms with E-state index in [0.29, 0.717) is 17.9 Å². The first-order chi connectivity index (χ1) is 9.70. The van der Waals surface area contributed by atoms with Crippen LogP contribution in [0.5, 0.6) is 5.75 Å². The maximum Gasteiger partial charge on any atom is 0.174 e. The Bertz CT molecular complexity index is 640. The predicted molar refractivity (Wildman–Crippen MR) is 76.3 cm³/mol. The molecule has 0 fully saturated rings. The second-order valence-corrected chi connectivity index (χ2v) is 4.45. The number of nitrogens with one attached hydrogen (secondary N) is 1. The van der Waals surface area contributed by atoms with E-state index in [1.807, 2.05) is 12.1 Å². The van der Waals surface area contributed by atoms with Gasteiger partial charge in [-0.05, 0) is 18.2 Å². The van der Waals surface area contributed by atoms with Gasteiger partial charge in [-0.1, -0.05) is 29.8 Å². The van der Waals surface area contributed by atoms with E-state index in [-0.39, 0.29) is 11.6 Å². The van der Waals surface area contributed by atoms with Gasteiger partial charge in [-0.3, -0.25) is 0 Å². The van der Waals surface area contributed by atoms with Crippen LogP contribution in [0, 0.1) is 17.1 Å². The van der Waals surface area contributed by atoms with E-state index in [1.165, 1.54) is 6.07 Å². The number of hydrogen-bond acceptors (Lipinski definition) is 3. The van der Waals surface area contributed by atoms with E-state index >= 15 is 0 Å². The summed E-state index contributed by atoms with van der Waals surface area (Å²) in [5, 5.41) is 11.7. The molecule has 0 saturated heterocycles. The highest BCUT2D eigenvalue weighted by Crippen LogP contribution is 2.21. The van der Waals surface area contributed by atoms with Crippen molar-refractivity contribution in [2.24, 2.45) is 0 Å². The van der Waals surface area contributed by atoms with Gasteiger partial charge in [0.1, 0.15) is 17.6 Å². The first-order valence-corrected chi connectivity index (χ1v) is 6.35. The zero-order chi connectivity index (χ0) is 14.4. The molecule has 1 N–H and O–H groups in total. The monoisotopic (exact) mass is 290 g/mol. The Morgan fingerprint density at radius 2 is 2.05 bits per heavy atom. The van der Waals surface area contributed by atoms with Gasteiger partial charge in [0.2, 0.25) is 0 Å². The zero-order valence-corrected chi connectivity index (χ0v) is 11.3. The number of rotatable bonds is 5. The van der Waals surface area contributed by atoms with Crippen molar-refractivity contribution in [2.45, 2.75) is 6.54 Å². The average molecular weight is 291 g/mol. The minimum Gasteiger partial charge on any atom is -0.479 e. The summed E-state index contributed by atoms with van der Waals surface area (Å²) in [4.78, 5) is 0. The molecule has 0 saturated carbocycles. The summed E-state index contributed by atoms with van der Waals surface area (Å²) in [6.45, 7) is 0.306. The van der Waals surface area contributed by atoms with Crippen LogP contribution in [0.25, 0.3) is 0 Å². The lowest BCUT2D eigenvalue weighted by Gasteiger charge is -2.09. The summed E-state index contributed by atoms with van der Waals surface area (Å²) in [6.07, 6.45) is 0. The lowest BCUT2D eigenvalue weighted by molar-refractivity contribution is 0.368. The van der Waals surface area contributed by atoms with Crippen molar-refractivity contribution in [3.8, 4) is 11.8 Å². The molecule has 0 bridgehead atoms. The van der Waals surface area contributed by atoms with Crippen LogP contribution in [-0.2, 0) is 6.54 Å². The molecule has 2 rings (SSSR count). The first kappa shape index (κ1) is 14.2. The largest absolute Gasteiger partial charge is 0.479 e. The van der Waals surface area contributed by atoms with Gasteiger partial charge in [0.15, 0.2) is 6.61 Å². The average Bonchev–Trinajstić information content (AvgIpc) is 2.47. The molecule has 0 aliphatic heterocycles. The van der Waals surface area contributed by atoms with Gasteiger partial charge in [-0.2, -0.15) is 5.26 Å². The third kappa shape index (κ3) is 3.62. The summed E-state index contributed by atoms with van der Waals surface area (Å²) >= 11 is 5.72. The second-order valence-electron chi connectivity index (χ2n) is 4.04. The van der Waals surface area contributed by atoms with Crippen LogP contribution in [-0.4, -0.2) is 6.61 Å². The van der Waals surface area contributed by atoms with E-state index in [1.54, 1.807) is 30.3 Å². The molecule has 2 aromatic rings. The van der Waals surface area contributed by atoms with Crippen LogP contribution in [0.4, 0.5) is 10.1 Å².